The molecule has 1 saturated heterocycles. The molecule has 0 bridgehead atoms. The van der Waals surface area contributed by atoms with Gasteiger partial charge < -0.3 is 5.11 Å². The van der Waals surface area contributed by atoms with E-state index < -0.39 is 5.97 Å². The summed E-state index contributed by atoms with van der Waals surface area (Å²) in [5, 5.41) is 8.86. The number of carbonyl (C=O) groups is 1. The van der Waals surface area contributed by atoms with Crippen molar-refractivity contribution in [3.8, 4) is 0 Å². The van der Waals surface area contributed by atoms with Crippen molar-refractivity contribution in [3.05, 3.63) is 0 Å². The number of rotatable bonds is 3. The maximum Gasteiger partial charge on any atom is 0.320 e. The van der Waals surface area contributed by atoms with Crippen molar-refractivity contribution in [1.82, 2.24) is 4.90 Å². The standard InChI is InChI=1S/C9H15NO2/c1-2-7(8(11)12)10-5-9(6-10)3-4-9/h7H,2-6H2,1H3,(H,11,12). The van der Waals surface area contributed by atoms with Crippen molar-refractivity contribution >= 4 is 5.97 Å². The summed E-state index contributed by atoms with van der Waals surface area (Å²) in [6.45, 7) is 3.99. The van der Waals surface area contributed by atoms with Crippen molar-refractivity contribution in [1.29, 1.82) is 0 Å². The molecular weight excluding hydrogens is 154 g/mol. The average molecular weight is 169 g/mol. The van der Waals surface area contributed by atoms with E-state index in [-0.39, 0.29) is 6.04 Å². The molecule has 0 aromatic heterocycles. The highest BCUT2D eigenvalue weighted by molar-refractivity contribution is 5.73. The first-order valence-corrected chi connectivity index (χ1v) is 4.64. The molecule has 0 aromatic rings. The molecule has 3 heteroatoms. The molecule has 2 rings (SSSR count). The minimum absolute atomic E-state index is 0.226. The Labute approximate surface area is 72.4 Å². The van der Waals surface area contributed by atoms with Crippen molar-refractivity contribution < 1.29 is 9.90 Å². The van der Waals surface area contributed by atoms with E-state index in [1.807, 2.05) is 6.92 Å². The van der Waals surface area contributed by atoms with Crippen LogP contribution in [0.15, 0.2) is 0 Å². The Morgan fingerprint density at radius 1 is 1.58 bits per heavy atom. The van der Waals surface area contributed by atoms with Crippen LogP contribution in [0.3, 0.4) is 0 Å². The molecule has 2 aliphatic rings. The average Bonchev–Trinajstić information content (AvgIpc) is 2.66. The second kappa shape index (κ2) is 2.46. The lowest BCUT2D eigenvalue weighted by molar-refractivity contribution is -0.147. The van der Waals surface area contributed by atoms with Crippen LogP contribution in [-0.2, 0) is 4.79 Å². The monoisotopic (exact) mass is 169 g/mol. The van der Waals surface area contributed by atoms with Gasteiger partial charge in [-0.1, -0.05) is 6.92 Å². The van der Waals surface area contributed by atoms with Crippen LogP contribution >= 0.6 is 0 Å². The Kier molecular flexibility index (Phi) is 1.65. The van der Waals surface area contributed by atoms with E-state index in [0.29, 0.717) is 5.41 Å². The number of aliphatic carboxylic acids is 1. The smallest absolute Gasteiger partial charge is 0.320 e. The molecule has 1 saturated carbocycles. The van der Waals surface area contributed by atoms with Gasteiger partial charge in [0.25, 0.3) is 0 Å². The predicted molar refractivity (Wildman–Crippen MR) is 45.0 cm³/mol. The molecule has 1 atom stereocenters. The van der Waals surface area contributed by atoms with Gasteiger partial charge >= 0.3 is 5.97 Å². The normalized spacial score (nSPS) is 28.1. The topological polar surface area (TPSA) is 40.5 Å². The number of hydrogen-bond acceptors (Lipinski definition) is 2. The number of carboxylic acid groups (broad SMARTS) is 1. The summed E-state index contributed by atoms with van der Waals surface area (Å²) in [6, 6.07) is -0.226. The maximum absolute atomic E-state index is 10.8. The third-order valence-electron chi connectivity index (χ3n) is 3.15. The van der Waals surface area contributed by atoms with Gasteiger partial charge in [-0.2, -0.15) is 0 Å². The Balaban J connectivity index is 1.88. The molecule has 1 N–H and O–H groups in total. The molecule has 2 fully saturated rings. The lowest BCUT2D eigenvalue weighted by Gasteiger charge is -2.43. The summed E-state index contributed by atoms with van der Waals surface area (Å²) in [5.74, 6) is -0.659. The van der Waals surface area contributed by atoms with Gasteiger partial charge in [-0.3, -0.25) is 9.69 Å². The molecule has 1 aliphatic carbocycles. The largest absolute Gasteiger partial charge is 0.480 e. The molecular formula is C9H15NO2. The molecule has 1 aliphatic heterocycles. The van der Waals surface area contributed by atoms with Crippen LogP contribution in [0.5, 0.6) is 0 Å². The van der Waals surface area contributed by atoms with Crippen LogP contribution in [0.1, 0.15) is 26.2 Å². The number of hydrogen-bond donors (Lipinski definition) is 1. The van der Waals surface area contributed by atoms with Crippen molar-refractivity contribution in [2.75, 3.05) is 13.1 Å². The quantitative estimate of drug-likeness (QED) is 0.683. The summed E-state index contributed by atoms with van der Waals surface area (Å²) in [6.07, 6.45) is 3.37. The van der Waals surface area contributed by atoms with E-state index in [2.05, 4.69) is 4.90 Å². The molecule has 3 nitrogen and oxygen atoms in total. The number of nitrogens with zero attached hydrogens (tertiary/aromatic N) is 1. The summed E-state index contributed by atoms with van der Waals surface area (Å²) < 4.78 is 0. The summed E-state index contributed by atoms with van der Waals surface area (Å²) in [4.78, 5) is 12.8. The van der Waals surface area contributed by atoms with Crippen molar-refractivity contribution in [3.63, 3.8) is 0 Å². The molecule has 0 amide bonds. The van der Waals surface area contributed by atoms with Crippen LogP contribution in [0.2, 0.25) is 0 Å². The molecule has 1 unspecified atom stereocenters. The van der Waals surface area contributed by atoms with Gasteiger partial charge in [0.15, 0.2) is 0 Å². The van der Waals surface area contributed by atoms with E-state index >= 15 is 0 Å². The fraction of sp³-hybridized carbons (Fsp3) is 0.889. The Hall–Kier alpha value is -0.570. The van der Waals surface area contributed by atoms with Gasteiger partial charge in [0.1, 0.15) is 6.04 Å². The molecule has 68 valence electrons. The van der Waals surface area contributed by atoms with Gasteiger partial charge in [0.2, 0.25) is 0 Å². The molecule has 1 heterocycles. The first-order valence-electron chi connectivity index (χ1n) is 4.64. The molecule has 12 heavy (non-hydrogen) atoms. The lowest BCUT2D eigenvalue weighted by atomic mass is 9.94. The van der Waals surface area contributed by atoms with Gasteiger partial charge in [0.05, 0.1) is 0 Å². The van der Waals surface area contributed by atoms with Gasteiger partial charge in [-0.25, -0.2) is 0 Å². The van der Waals surface area contributed by atoms with Crippen LogP contribution < -0.4 is 0 Å². The fourth-order valence-corrected chi connectivity index (χ4v) is 2.12. The van der Waals surface area contributed by atoms with Gasteiger partial charge in [-0.15, -0.1) is 0 Å². The van der Waals surface area contributed by atoms with E-state index in [1.165, 1.54) is 12.8 Å². The molecule has 0 aromatic carbocycles. The van der Waals surface area contributed by atoms with Gasteiger partial charge in [-0.05, 0) is 24.7 Å². The van der Waals surface area contributed by atoms with E-state index in [1.54, 1.807) is 0 Å². The van der Waals surface area contributed by atoms with Crippen LogP contribution in [0, 0.1) is 5.41 Å². The third-order valence-corrected chi connectivity index (χ3v) is 3.15. The number of likely N-dealkylation sites (tertiary alicyclic amines) is 1. The highest BCUT2D eigenvalue weighted by Gasteiger charge is 2.54. The minimum atomic E-state index is -0.659. The van der Waals surface area contributed by atoms with Crippen molar-refractivity contribution in [2.24, 2.45) is 5.41 Å². The molecule has 1 spiro atoms. The second-order valence-electron chi connectivity index (χ2n) is 4.17. The van der Waals surface area contributed by atoms with E-state index in [0.717, 1.165) is 19.5 Å². The summed E-state index contributed by atoms with van der Waals surface area (Å²) >= 11 is 0. The Morgan fingerprint density at radius 3 is 2.50 bits per heavy atom. The lowest BCUT2D eigenvalue weighted by Crippen LogP contribution is -2.55. The SMILES string of the molecule is CCC(C(=O)O)N1CC2(CC2)C1. The zero-order valence-electron chi connectivity index (χ0n) is 7.42. The minimum Gasteiger partial charge on any atom is -0.480 e. The van der Waals surface area contributed by atoms with E-state index in [4.69, 9.17) is 5.11 Å². The summed E-state index contributed by atoms with van der Waals surface area (Å²) in [5.41, 5.74) is 0.572. The first-order chi connectivity index (χ1) is 5.67. The van der Waals surface area contributed by atoms with Crippen LogP contribution in [-0.4, -0.2) is 35.1 Å². The molecule has 0 radical (unpaired) electrons. The van der Waals surface area contributed by atoms with Crippen molar-refractivity contribution in [2.45, 2.75) is 32.2 Å². The zero-order chi connectivity index (χ0) is 8.77. The van der Waals surface area contributed by atoms with Gasteiger partial charge in [0, 0.05) is 13.1 Å². The third kappa shape index (κ3) is 1.12. The van der Waals surface area contributed by atoms with Crippen LogP contribution in [0.4, 0.5) is 0 Å². The van der Waals surface area contributed by atoms with Crippen LogP contribution in [0.25, 0.3) is 0 Å². The second-order valence-corrected chi connectivity index (χ2v) is 4.17. The maximum atomic E-state index is 10.8. The number of carboxylic acids is 1. The van der Waals surface area contributed by atoms with E-state index in [9.17, 15) is 4.79 Å². The Bertz CT molecular complexity index is 203. The fourth-order valence-electron chi connectivity index (χ4n) is 2.12. The zero-order valence-corrected chi connectivity index (χ0v) is 7.42. The summed E-state index contributed by atoms with van der Waals surface area (Å²) in [7, 11) is 0. The highest BCUT2D eigenvalue weighted by Crippen LogP contribution is 2.53. The highest BCUT2D eigenvalue weighted by atomic mass is 16.4. The first kappa shape index (κ1) is 8.05. The Morgan fingerprint density at radius 2 is 2.17 bits per heavy atom. The predicted octanol–water partition coefficient (Wildman–Crippen LogP) is 0.945.